The van der Waals surface area contributed by atoms with E-state index in [0.717, 1.165) is 42.1 Å². The predicted octanol–water partition coefficient (Wildman–Crippen LogP) is 2.20. The number of anilines is 1. The number of aromatic nitrogens is 1. The molecule has 1 atom stereocenters. The van der Waals surface area contributed by atoms with E-state index in [2.05, 4.69) is 35.7 Å². The normalized spacial score (nSPS) is 21.9. The van der Waals surface area contributed by atoms with Gasteiger partial charge in [-0.3, -0.25) is 9.88 Å². The van der Waals surface area contributed by atoms with E-state index in [9.17, 15) is 0 Å². The third kappa shape index (κ3) is 3.30. The fourth-order valence-electron chi connectivity index (χ4n) is 3.03. The zero-order valence-corrected chi connectivity index (χ0v) is 13.3. The average Bonchev–Trinajstić information content (AvgIpc) is 2.61. The Hall–Kier alpha value is -1.13. The molecular weight excluding hydrogens is 248 g/mol. The quantitative estimate of drug-likeness (QED) is 0.919. The van der Waals surface area contributed by atoms with Gasteiger partial charge in [0.1, 0.15) is 0 Å². The molecule has 112 valence electrons. The van der Waals surface area contributed by atoms with Crippen LogP contribution in [0.5, 0.6) is 0 Å². The Labute approximate surface area is 123 Å². The van der Waals surface area contributed by atoms with E-state index in [0.29, 0.717) is 6.04 Å². The Bertz CT molecular complexity index is 458. The zero-order chi connectivity index (χ0) is 14.7. The SMILES string of the molecule is CCC1CN(C)CCCN1Cc1ncc(C)c(N)c1C. The van der Waals surface area contributed by atoms with Crippen LogP contribution in [0.3, 0.4) is 0 Å². The Morgan fingerprint density at radius 3 is 2.80 bits per heavy atom. The molecule has 4 nitrogen and oxygen atoms in total. The number of pyridine rings is 1. The Kier molecular flexibility index (Phi) is 5.00. The first-order valence-corrected chi connectivity index (χ1v) is 7.66. The van der Waals surface area contributed by atoms with Gasteiger partial charge in [-0.15, -0.1) is 0 Å². The summed E-state index contributed by atoms with van der Waals surface area (Å²) in [6.07, 6.45) is 4.32. The van der Waals surface area contributed by atoms with Gasteiger partial charge in [0.2, 0.25) is 0 Å². The molecule has 0 saturated carbocycles. The van der Waals surface area contributed by atoms with Crippen LogP contribution in [0.2, 0.25) is 0 Å². The molecule has 0 aliphatic carbocycles. The van der Waals surface area contributed by atoms with Crippen LogP contribution in [-0.4, -0.2) is 47.5 Å². The van der Waals surface area contributed by atoms with Crippen molar-refractivity contribution in [1.82, 2.24) is 14.8 Å². The number of likely N-dealkylation sites (N-methyl/N-ethyl adjacent to an activating group) is 1. The fraction of sp³-hybridized carbons (Fsp3) is 0.688. The molecule has 1 aliphatic heterocycles. The highest BCUT2D eigenvalue weighted by molar-refractivity contribution is 5.53. The Morgan fingerprint density at radius 2 is 2.10 bits per heavy atom. The van der Waals surface area contributed by atoms with Gasteiger partial charge in [-0.1, -0.05) is 6.92 Å². The van der Waals surface area contributed by atoms with Crippen LogP contribution >= 0.6 is 0 Å². The van der Waals surface area contributed by atoms with Crippen LogP contribution < -0.4 is 5.73 Å². The standard InChI is InChI=1S/C16H28N4/c1-5-14-10-19(4)7-6-8-20(14)11-15-13(3)16(17)12(2)9-18-15/h9,14H,5-8,10-11H2,1-4H3,(H2,17,18). The lowest BCUT2D eigenvalue weighted by molar-refractivity contribution is 0.174. The second-order valence-electron chi connectivity index (χ2n) is 6.07. The van der Waals surface area contributed by atoms with E-state index in [1.54, 1.807) is 0 Å². The highest BCUT2D eigenvalue weighted by Gasteiger charge is 2.23. The van der Waals surface area contributed by atoms with Crippen LogP contribution in [0.1, 0.15) is 36.6 Å². The summed E-state index contributed by atoms with van der Waals surface area (Å²) >= 11 is 0. The van der Waals surface area contributed by atoms with Gasteiger partial charge in [-0.25, -0.2) is 0 Å². The van der Waals surface area contributed by atoms with Crippen molar-refractivity contribution < 1.29 is 0 Å². The number of nitrogen functional groups attached to an aromatic ring is 1. The number of nitrogens with two attached hydrogens (primary N) is 1. The molecule has 1 aliphatic rings. The van der Waals surface area contributed by atoms with Gasteiger partial charge in [0.15, 0.2) is 0 Å². The van der Waals surface area contributed by atoms with Crippen LogP contribution in [0, 0.1) is 13.8 Å². The van der Waals surface area contributed by atoms with Crippen molar-refractivity contribution in [1.29, 1.82) is 0 Å². The Morgan fingerprint density at radius 1 is 1.35 bits per heavy atom. The fourth-order valence-corrected chi connectivity index (χ4v) is 3.03. The molecule has 1 aromatic rings. The highest BCUT2D eigenvalue weighted by Crippen LogP contribution is 2.21. The molecule has 0 spiro atoms. The second-order valence-corrected chi connectivity index (χ2v) is 6.07. The van der Waals surface area contributed by atoms with Crippen molar-refractivity contribution in [3.05, 3.63) is 23.0 Å². The minimum atomic E-state index is 0.617. The first-order valence-electron chi connectivity index (χ1n) is 7.66. The third-order valence-electron chi connectivity index (χ3n) is 4.52. The summed E-state index contributed by atoms with van der Waals surface area (Å²) in [5.41, 5.74) is 10.4. The summed E-state index contributed by atoms with van der Waals surface area (Å²) in [4.78, 5) is 9.64. The van der Waals surface area contributed by atoms with Gasteiger partial charge >= 0.3 is 0 Å². The molecule has 2 N–H and O–H groups in total. The molecule has 0 amide bonds. The summed E-state index contributed by atoms with van der Waals surface area (Å²) in [5, 5.41) is 0. The lowest BCUT2D eigenvalue weighted by atomic mass is 10.1. The summed E-state index contributed by atoms with van der Waals surface area (Å²) in [6, 6.07) is 0.617. The van der Waals surface area contributed by atoms with Crippen LogP contribution in [0.25, 0.3) is 0 Å². The van der Waals surface area contributed by atoms with Gasteiger partial charge in [0, 0.05) is 37.6 Å². The third-order valence-corrected chi connectivity index (χ3v) is 4.52. The number of hydrogen-bond donors (Lipinski definition) is 1. The lowest BCUT2D eigenvalue weighted by Gasteiger charge is -2.30. The van der Waals surface area contributed by atoms with E-state index >= 15 is 0 Å². The first kappa shape index (κ1) is 15.3. The molecule has 1 saturated heterocycles. The van der Waals surface area contributed by atoms with E-state index in [-0.39, 0.29) is 0 Å². The van der Waals surface area contributed by atoms with E-state index in [4.69, 9.17) is 5.73 Å². The molecule has 20 heavy (non-hydrogen) atoms. The zero-order valence-electron chi connectivity index (χ0n) is 13.3. The molecule has 1 fully saturated rings. The van der Waals surface area contributed by atoms with Gasteiger partial charge in [-0.2, -0.15) is 0 Å². The minimum absolute atomic E-state index is 0.617. The molecular formula is C16H28N4. The molecule has 2 heterocycles. The van der Waals surface area contributed by atoms with Crippen molar-refractivity contribution in [2.24, 2.45) is 0 Å². The molecule has 4 heteroatoms. The van der Waals surface area contributed by atoms with Gasteiger partial charge < -0.3 is 10.6 Å². The Balaban J connectivity index is 2.17. The van der Waals surface area contributed by atoms with Crippen molar-refractivity contribution in [3.8, 4) is 0 Å². The summed E-state index contributed by atoms with van der Waals surface area (Å²) in [5.74, 6) is 0. The van der Waals surface area contributed by atoms with Crippen LogP contribution in [-0.2, 0) is 6.54 Å². The number of nitrogens with zero attached hydrogens (tertiary/aromatic N) is 3. The minimum Gasteiger partial charge on any atom is -0.398 e. The maximum absolute atomic E-state index is 6.14. The van der Waals surface area contributed by atoms with E-state index < -0.39 is 0 Å². The maximum atomic E-state index is 6.14. The monoisotopic (exact) mass is 276 g/mol. The summed E-state index contributed by atoms with van der Waals surface area (Å²) in [6.45, 7) is 10.8. The van der Waals surface area contributed by atoms with Gasteiger partial charge in [0.05, 0.1) is 5.69 Å². The first-order chi connectivity index (χ1) is 9.52. The maximum Gasteiger partial charge on any atom is 0.0593 e. The second kappa shape index (κ2) is 6.55. The van der Waals surface area contributed by atoms with Gasteiger partial charge in [-0.05, 0) is 51.4 Å². The van der Waals surface area contributed by atoms with Crippen LogP contribution in [0.15, 0.2) is 6.20 Å². The molecule has 0 bridgehead atoms. The van der Waals surface area contributed by atoms with Crippen LogP contribution in [0.4, 0.5) is 5.69 Å². The molecule has 0 aromatic carbocycles. The lowest BCUT2D eigenvalue weighted by Crippen LogP contribution is -2.39. The van der Waals surface area contributed by atoms with Crippen molar-refractivity contribution in [2.75, 3.05) is 32.4 Å². The van der Waals surface area contributed by atoms with Crippen molar-refractivity contribution in [2.45, 2.75) is 46.2 Å². The largest absolute Gasteiger partial charge is 0.398 e. The molecule has 1 aromatic heterocycles. The number of rotatable bonds is 3. The summed E-state index contributed by atoms with van der Waals surface area (Å²) < 4.78 is 0. The number of aryl methyl sites for hydroxylation is 1. The molecule has 1 unspecified atom stereocenters. The molecule has 0 radical (unpaired) electrons. The molecule has 2 rings (SSSR count). The highest BCUT2D eigenvalue weighted by atomic mass is 15.2. The van der Waals surface area contributed by atoms with E-state index in [1.165, 1.54) is 19.4 Å². The predicted molar refractivity (Wildman–Crippen MR) is 84.7 cm³/mol. The van der Waals surface area contributed by atoms with Crippen molar-refractivity contribution >= 4 is 5.69 Å². The average molecular weight is 276 g/mol. The number of hydrogen-bond acceptors (Lipinski definition) is 4. The van der Waals surface area contributed by atoms with Crippen molar-refractivity contribution in [3.63, 3.8) is 0 Å². The van der Waals surface area contributed by atoms with E-state index in [1.807, 2.05) is 13.1 Å². The topological polar surface area (TPSA) is 45.4 Å². The summed E-state index contributed by atoms with van der Waals surface area (Å²) in [7, 11) is 2.22. The smallest absolute Gasteiger partial charge is 0.0593 e. The van der Waals surface area contributed by atoms with Gasteiger partial charge in [0.25, 0.3) is 0 Å².